The number of benzene rings is 1. The van der Waals surface area contributed by atoms with Crippen molar-refractivity contribution in [2.24, 2.45) is 0 Å². The fourth-order valence-electron chi connectivity index (χ4n) is 1.38. The summed E-state index contributed by atoms with van der Waals surface area (Å²) in [4.78, 5) is 0. The molecular formula is C16H16F2O2. The summed E-state index contributed by atoms with van der Waals surface area (Å²) in [5, 5.41) is 0. The van der Waals surface area contributed by atoms with E-state index in [1.54, 1.807) is 0 Å². The number of rotatable bonds is 7. The number of hydrogen-bond acceptors (Lipinski definition) is 2. The Balaban J connectivity index is 2.82. The molecule has 1 aromatic rings. The van der Waals surface area contributed by atoms with Crippen molar-refractivity contribution >= 4 is 0 Å². The molecule has 0 atom stereocenters. The van der Waals surface area contributed by atoms with E-state index in [2.05, 4.69) is 24.5 Å². The molecule has 0 bridgehead atoms. The van der Waals surface area contributed by atoms with Crippen LogP contribution in [0.5, 0.6) is 11.5 Å². The summed E-state index contributed by atoms with van der Waals surface area (Å²) in [5.41, 5.74) is -0.294. The molecule has 0 radical (unpaired) electrons. The van der Waals surface area contributed by atoms with Gasteiger partial charge in [0.2, 0.25) is 0 Å². The SMILES string of the molecule is C=CC(=C)Oc1ccc(OC(F)(F)/C(C=C)=C/C)cc1. The van der Waals surface area contributed by atoms with Crippen molar-refractivity contribution in [3.8, 4) is 11.5 Å². The molecule has 106 valence electrons. The first-order valence-electron chi connectivity index (χ1n) is 5.88. The van der Waals surface area contributed by atoms with Gasteiger partial charge in [0.15, 0.2) is 0 Å². The van der Waals surface area contributed by atoms with E-state index < -0.39 is 6.11 Å². The van der Waals surface area contributed by atoms with E-state index in [0.29, 0.717) is 11.5 Å². The Hall–Kier alpha value is -2.36. The Morgan fingerprint density at radius 1 is 1.10 bits per heavy atom. The van der Waals surface area contributed by atoms with Crippen molar-refractivity contribution in [2.45, 2.75) is 13.0 Å². The van der Waals surface area contributed by atoms with Gasteiger partial charge in [-0.25, -0.2) is 0 Å². The van der Waals surface area contributed by atoms with Gasteiger partial charge in [0.25, 0.3) is 0 Å². The number of ether oxygens (including phenoxy) is 2. The van der Waals surface area contributed by atoms with Crippen LogP contribution >= 0.6 is 0 Å². The average Bonchev–Trinajstić information content (AvgIpc) is 2.41. The Kier molecular flexibility index (Phi) is 5.26. The summed E-state index contributed by atoms with van der Waals surface area (Å²) < 4.78 is 37.4. The fourth-order valence-corrected chi connectivity index (χ4v) is 1.38. The normalized spacial score (nSPS) is 11.7. The maximum atomic E-state index is 13.7. The molecule has 20 heavy (non-hydrogen) atoms. The van der Waals surface area contributed by atoms with Crippen LogP contribution in [0, 0.1) is 0 Å². The minimum atomic E-state index is -3.43. The second-order valence-corrected chi connectivity index (χ2v) is 3.81. The molecule has 0 aliphatic carbocycles. The number of alkyl halides is 2. The van der Waals surface area contributed by atoms with Crippen LogP contribution in [0.3, 0.4) is 0 Å². The summed E-state index contributed by atoms with van der Waals surface area (Å²) in [6.45, 7) is 11.9. The zero-order valence-electron chi connectivity index (χ0n) is 11.2. The third kappa shape index (κ3) is 4.09. The molecule has 0 fully saturated rings. The summed E-state index contributed by atoms with van der Waals surface area (Å²) in [7, 11) is 0. The first-order valence-corrected chi connectivity index (χ1v) is 5.88. The predicted octanol–water partition coefficient (Wildman–Crippen LogP) is 4.87. The van der Waals surface area contributed by atoms with Crippen molar-refractivity contribution in [1.82, 2.24) is 0 Å². The average molecular weight is 278 g/mol. The maximum Gasteiger partial charge on any atom is 0.426 e. The number of halogens is 2. The van der Waals surface area contributed by atoms with E-state index in [1.807, 2.05) is 0 Å². The molecule has 0 amide bonds. The van der Waals surface area contributed by atoms with Crippen molar-refractivity contribution in [3.63, 3.8) is 0 Å². The molecule has 4 heteroatoms. The lowest BCUT2D eigenvalue weighted by Gasteiger charge is -2.19. The van der Waals surface area contributed by atoms with Crippen LogP contribution in [0.1, 0.15) is 6.92 Å². The molecule has 1 rings (SSSR count). The summed E-state index contributed by atoms with van der Waals surface area (Å²) in [6.07, 6.45) is 0.328. The van der Waals surface area contributed by atoms with Gasteiger partial charge in [-0.2, -0.15) is 8.78 Å². The Labute approximate surface area is 117 Å². The maximum absolute atomic E-state index is 13.7. The molecule has 0 aliphatic rings. The van der Waals surface area contributed by atoms with Gasteiger partial charge in [0.1, 0.15) is 17.3 Å². The molecule has 2 nitrogen and oxygen atoms in total. The Morgan fingerprint density at radius 3 is 2.10 bits per heavy atom. The molecule has 0 spiro atoms. The lowest BCUT2D eigenvalue weighted by atomic mass is 10.2. The van der Waals surface area contributed by atoms with Crippen LogP contribution in [0.4, 0.5) is 8.78 Å². The van der Waals surface area contributed by atoms with Gasteiger partial charge in [0.05, 0.1) is 5.57 Å². The van der Waals surface area contributed by atoms with Crippen molar-refractivity contribution < 1.29 is 18.3 Å². The van der Waals surface area contributed by atoms with E-state index in [-0.39, 0.29) is 11.3 Å². The largest absolute Gasteiger partial charge is 0.458 e. The second-order valence-electron chi connectivity index (χ2n) is 3.81. The molecule has 0 N–H and O–H groups in total. The van der Waals surface area contributed by atoms with E-state index >= 15 is 0 Å². The summed E-state index contributed by atoms with van der Waals surface area (Å²) in [6, 6.07) is 5.78. The molecule has 0 aliphatic heterocycles. The zero-order chi connectivity index (χ0) is 15.2. The molecule has 0 unspecified atom stereocenters. The van der Waals surface area contributed by atoms with Crippen LogP contribution in [0.15, 0.2) is 73.6 Å². The minimum Gasteiger partial charge on any atom is -0.458 e. The van der Waals surface area contributed by atoms with E-state index in [9.17, 15) is 8.78 Å². The van der Waals surface area contributed by atoms with Gasteiger partial charge < -0.3 is 9.47 Å². The second kappa shape index (κ2) is 6.70. The first kappa shape index (κ1) is 15.7. The predicted molar refractivity (Wildman–Crippen MR) is 75.9 cm³/mol. The highest BCUT2D eigenvalue weighted by Gasteiger charge is 2.34. The Morgan fingerprint density at radius 2 is 1.65 bits per heavy atom. The minimum absolute atomic E-state index is 0.0211. The van der Waals surface area contributed by atoms with Gasteiger partial charge in [-0.1, -0.05) is 31.9 Å². The molecule has 0 saturated heterocycles. The first-order chi connectivity index (χ1) is 9.42. The third-order valence-electron chi connectivity index (χ3n) is 2.41. The lowest BCUT2D eigenvalue weighted by molar-refractivity contribution is -0.139. The highest BCUT2D eigenvalue weighted by molar-refractivity contribution is 5.34. The van der Waals surface area contributed by atoms with Crippen molar-refractivity contribution in [3.05, 3.63) is 73.6 Å². The molecule has 1 aromatic carbocycles. The standard InChI is InChI=1S/C16H16F2O2/c1-5-12(4)19-14-8-10-15(11-9-14)20-16(17,18)13(6-2)7-3/h5-11H,1-2,4H2,3H3/b13-7+. The van der Waals surface area contributed by atoms with Gasteiger partial charge >= 0.3 is 6.11 Å². The van der Waals surface area contributed by atoms with Gasteiger partial charge in [0, 0.05) is 0 Å². The highest BCUT2D eigenvalue weighted by Crippen LogP contribution is 2.30. The van der Waals surface area contributed by atoms with Crippen molar-refractivity contribution in [1.29, 1.82) is 0 Å². The smallest absolute Gasteiger partial charge is 0.426 e. The van der Waals surface area contributed by atoms with Gasteiger partial charge in [-0.3, -0.25) is 0 Å². The lowest BCUT2D eigenvalue weighted by Crippen LogP contribution is -2.26. The van der Waals surface area contributed by atoms with E-state index in [1.165, 1.54) is 43.3 Å². The zero-order valence-corrected chi connectivity index (χ0v) is 11.2. The summed E-state index contributed by atoms with van der Waals surface area (Å²) >= 11 is 0. The van der Waals surface area contributed by atoms with Crippen LogP contribution in [0.25, 0.3) is 0 Å². The molecule has 0 aromatic heterocycles. The monoisotopic (exact) mass is 278 g/mol. The van der Waals surface area contributed by atoms with Crippen LogP contribution in [-0.4, -0.2) is 6.11 Å². The Bertz CT molecular complexity index is 528. The van der Waals surface area contributed by atoms with Crippen molar-refractivity contribution in [2.75, 3.05) is 0 Å². The molecule has 0 heterocycles. The summed E-state index contributed by atoms with van der Waals surface area (Å²) in [5.74, 6) is 0.847. The molecular weight excluding hydrogens is 262 g/mol. The van der Waals surface area contributed by atoms with E-state index in [4.69, 9.17) is 4.74 Å². The van der Waals surface area contributed by atoms with Gasteiger partial charge in [-0.15, -0.1) is 0 Å². The van der Waals surface area contributed by atoms with Gasteiger partial charge in [-0.05, 0) is 37.3 Å². The number of hydrogen-bond donors (Lipinski definition) is 0. The quantitative estimate of drug-likeness (QED) is 0.523. The van der Waals surface area contributed by atoms with Crippen LogP contribution in [-0.2, 0) is 0 Å². The topological polar surface area (TPSA) is 18.5 Å². The highest BCUT2D eigenvalue weighted by atomic mass is 19.3. The van der Waals surface area contributed by atoms with Crippen LogP contribution < -0.4 is 9.47 Å². The van der Waals surface area contributed by atoms with Crippen LogP contribution in [0.2, 0.25) is 0 Å². The fraction of sp³-hybridized carbons (Fsp3) is 0.125. The third-order valence-corrected chi connectivity index (χ3v) is 2.41. The van der Waals surface area contributed by atoms with E-state index in [0.717, 1.165) is 6.08 Å². The molecule has 0 saturated carbocycles. The number of allylic oxidation sites excluding steroid dienone is 2.